The van der Waals surface area contributed by atoms with Crippen LogP contribution in [0.15, 0.2) is 34.9 Å². The highest BCUT2D eigenvalue weighted by Gasteiger charge is 2.12. The molecule has 0 fully saturated rings. The lowest BCUT2D eigenvalue weighted by atomic mass is 10.1. The molecule has 0 unspecified atom stereocenters. The average Bonchev–Trinajstić information content (AvgIpc) is 2.96. The summed E-state index contributed by atoms with van der Waals surface area (Å²) < 4.78 is 10.7. The maximum Gasteiger partial charge on any atom is 0.176 e. The molecule has 3 rings (SSSR count). The minimum absolute atomic E-state index is 0.465. The van der Waals surface area contributed by atoms with Crippen molar-refractivity contribution in [2.24, 2.45) is 0 Å². The van der Waals surface area contributed by atoms with Crippen LogP contribution in [0.4, 0.5) is 5.82 Å². The van der Waals surface area contributed by atoms with Gasteiger partial charge in [-0.15, -0.1) is 0 Å². The van der Waals surface area contributed by atoms with Crippen molar-refractivity contribution in [2.45, 2.75) is 0 Å². The van der Waals surface area contributed by atoms with E-state index in [-0.39, 0.29) is 0 Å². The molecule has 2 aromatic heterocycles. The van der Waals surface area contributed by atoms with Crippen molar-refractivity contribution >= 4 is 16.8 Å². The van der Waals surface area contributed by atoms with Gasteiger partial charge >= 0.3 is 0 Å². The van der Waals surface area contributed by atoms with Crippen molar-refractivity contribution in [1.82, 2.24) is 10.2 Å². The maximum atomic E-state index is 5.60. The molecule has 86 valence electrons. The fourth-order valence-corrected chi connectivity index (χ4v) is 1.91. The lowest BCUT2D eigenvalue weighted by Gasteiger charge is -2.04. The first kappa shape index (κ1) is 9.77. The Morgan fingerprint density at radius 1 is 1.35 bits per heavy atom. The summed E-state index contributed by atoms with van der Waals surface area (Å²) in [4.78, 5) is 0. The predicted molar refractivity (Wildman–Crippen MR) is 64.8 cm³/mol. The monoisotopic (exact) mass is 229 g/mol. The third kappa shape index (κ3) is 1.44. The fraction of sp³-hybridized carbons (Fsp3) is 0.0833. The number of anilines is 1. The number of nitrogens with two attached hydrogens (primary N) is 1. The van der Waals surface area contributed by atoms with E-state index in [9.17, 15) is 0 Å². The zero-order chi connectivity index (χ0) is 11.8. The van der Waals surface area contributed by atoms with Gasteiger partial charge in [0.2, 0.25) is 0 Å². The molecule has 0 saturated carbocycles. The van der Waals surface area contributed by atoms with Crippen molar-refractivity contribution in [3.63, 3.8) is 0 Å². The summed E-state index contributed by atoms with van der Waals surface area (Å²) in [5.41, 5.74) is 8.16. The van der Waals surface area contributed by atoms with E-state index in [2.05, 4.69) is 10.2 Å². The fourth-order valence-electron chi connectivity index (χ4n) is 1.91. The van der Waals surface area contributed by atoms with Gasteiger partial charge in [-0.25, -0.2) is 0 Å². The van der Waals surface area contributed by atoms with Crippen molar-refractivity contribution in [3.05, 3.63) is 30.5 Å². The summed E-state index contributed by atoms with van der Waals surface area (Å²) in [6.07, 6.45) is 1.64. The number of aromatic amines is 1. The molecule has 2 heterocycles. The zero-order valence-electron chi connectivity index (χ0n) is 9.23. The van der Waals surface area contributed by atoms with E-state index >= 15 is 0 Å². The van der Waals surface area contributed by atoms with E-state index in [1.165, 1.54) is 0 Å². The van der Waals surface area contributed by atoms with Crippen LogP contribution in [0.1, 0.15) is 0 Å². The van der Waals surface area contributed by atoms with Gasteiger partial charge in [0.15, 0.2) is 11.3 Å². The second kappa shape index (κ2) is 3.55. The molecule has 0 radical (unpaired) electrons. The molecular weight excluding hydrogens is 218 g/mol. The van der Waals surface area contributed by atoms with Crippen LogP contribution in [0, 0.1) is 0 Å². The minimum Gasteiger partial charge on any atom is -0.493 e. The van der Waals surface area contributed by atoms with Gasteiger partial charge in [0.1, 0.15) is 5.82 Å². The van der Waals surface area contributed by atoms with E-state index in [1.807, 2.05) is 18.2 Å². The summed E-state index contributed by atoms with van der Waals surface area (Å²) in [5, 5.41) is 7.77. The number of nitrogens with zero attached hydrogens (tertiary/aromatic N) is 1. The Kier molecular flexibility index (Phi) is 2.04. The number of hydrogen-bond acceptors (Lipinski definition) is 4. The van der Waals surface area contributed by atoms with Crippen LogP contribution in [0.2, 0.25) is 0 Å². The predicted octanol–water partition coefficient (Wildman–Crippen LogP) is 2.41. The molecule has 0 aliphatic heterocycles. The van der Waals surface area contributed by atoms with Gasteiger partial charge in [-0.2, -0.15) is 5.10 Å². The molecule has 0 saturated heterocycles. The SMILES string of the molecule is COc1ccc(-c2cc(N)n[nH]2)c2ccoc12. The van der Waals surface area contributed by atoms with E-state index in [0.29, 0.717) is 11.6 Å². The molecule has 0 amide bonds. The number of fused-ring (bicyclic) bond motifs is 1. The third-order valence-electron chi connectivity index (χ3n) is 2.69. The maximum absolute atomic E-state index is 5.60. The Morgan fingerprint density at radius 3 is 2.94 bits per heavy atom. The van der Waals surface area contributed by atoms with Crippen molar-refractivity contribution in [3.8, 4) is 17.0 Å². The van der Waals surface area contributed by atoms with Crippen LogP contribution in [0.3, 0.4) is 0 Å². The molecule has 0 atom stereocenters. The normalized spacial score (nSPS) is 10.9. The first-order valence-corrected chi connectivity index (χ1v) is 5.15. The number of rotatable bonds is 2. The molecule has 0 bridgehead atoms. The highest BCUT2D eigenvalue weighted by atomic mass is 16.5. The highest BCUT2D eigenvalue weighted by Crippen LogP contribution is 2.34. The van der Waals surface area contributed by atoms with Crippen molar-refractivity contribution in [1.29, 1.82) is 0 Å². The van der Waals surface area contributed by atoms with Crippen LogP contribution in [-0.2, 0) is 0 Å². The largest absolute Gasteiger partial charge is 0.493 e. The first-order chi connectivity index (χ1) is 8.29. The summed E-state index contributed by atoms with van der Waals surface area (Å²) in [7, 11) is 1.62. The Balaban J connectivity index is 2.27. The molecule has 3 N–H and O–H groups in total. The molecule has 1 aromatic carbocycles. The van der Waals surface area contributed by atoms with Gasteiger partial charge in [0.25, 0.3) is 0 Å². The summed E-state index contributed by atoms with van der Waals surface area (Å²) in [6.45, 7) is 0. The Hall–Kier alpha value is -2.43. The second-order valence-electron chi connectivity index (χ2n) is 3.69. The van der Waals surface area contributed by atoms with Gasteiger partial charge in [0.05, 0.1) is 19.1 Å². The number of benzene rings is 1. The van der Waals surface area contributed by atoms with Crippen LogP contribution < -0.4 is 10.5 Å². The summed E-state index contributed by atoms with van der Waals surface area (Å²) in [6, 6.07) is 7.49. The number of methoxy groups -OCH3 is 1. The molecule has 5 nitrogen and oxygen atoms in total. The number of nitrogen functional groups attached to an aromatic ring is 1. The number of aromatic nitrogens is 2. The Labute approximate surface area is 97.2 Å². The van der Waals surface area contributed by atoms with Crippen LogP contribution in [0.5, 0.6) is 5.75 Å². The number of hydrogen-bond donors (Lipinski definition) is 2. The lowest BCUT2D eigenvalue weighted by molar-refractivity contribution is 0.410. The van der Waals surface area contributed by atoms with Crippen LogP contribution >= 0.6 is 0 Å². The van der Waals surface area contributed by atoms with Crippen molar-refractivity contribution < 1.29 is 9.15 Å². The van der Waals surface area contributed by atoms with Gasteiger partial charge in [-0.1, -0.05) is 0 Å². The molecule has 0 aliphatic rings. The quantitative estimate of drug-likeness (QED) is 0.707. The van der Waals surface area contributed by atoms with Crippen LogP contribution in [-0.4, -0.2) is 17.3 Å². The van der Waals surface area contributed by atoms with Gasteiger partial charge < -0.3 is 14.9 Å². The zero-order valence-corrected chi connectivity index (χ0v) is 9.23. The molecular formula is C12H11N3O2. The summed E-state index contributed by atoms with van der Waals surface area (Å²) >= 11 is 0. The van der Waals surface area contributed by atoms with E-state index < -0.39 is 0 Å². The number of nitrogens with one attached hydrogen (secondary N) is 1. The van der Waals surface area contributed by atoms with Gasteiger partial charge in [-0.05, 0) is 18.2 Å². The Bertz CT molecular complexity index is 669. The average molecular weight is 229 g/mol. The smallest absolute Gasteiger partial charge is 0.176 e. The molecule has 3 aromatic rings. The molecule has 0 aliphatic carbocycles. The van der Waals surface area contributed by atoms with E-state index in [1.54, 1.807) is 19.4 Å². The molecule has 5 heteroatoms. The second-order valence-corrected chi connectivity index (χ2v) is 3.69. The van der Waals surface area contributed by atoms with Gasteiger partial charge in [0, 0.05) is 17.0 Å². The van der Waals surface area contributed by atoms with Crippen molar-refractivity contribution in [2.75, 3.05) is 12.8 Å². The van der Waals surface area contributed by atoms with E-state index in [4.69, 9.17) is 14.9 Å². The number of H-pyrrole nitrogens is 1. The topological polar surface area (TPSA) is 77.1 Å². The number of furan rings is 1. The van der Waals surface area contributed by atoms with E-state index in [0.717, 1.165) is 22.2 Å². The number of ether oxygens (including phenoxy) is 1. The third-order valence-corrected chi connectivity index (χ3v) is 2.69. The van der Waals surface area contributed by atoms with Crippen LogP contribution in [0.25, 0.3) is 22.2 Å². The minimum atomic E-state index is 0.465. The first-order valence-electron chi connectivity index (χ1n) is 5.15. The molecule has 17 heavy (non-hydrogen) atoms. The Morgan fingerprint density at radius 2 is 2.24 bits per heavy atom. The standard InChI is InChI=1S/C12H11N3O2/c1-16-10-3-2-7(8-4-5-17-12(8)10)9-6-11(13)15-14-9/h2-6H,1H3,(H3,13,14,15). The van der Waals surface area contributed by atoms with Gasteiger partial charge in [-0.3, -0.25) is 5.10 Å². The highest BCUT2D eigenvalue weighted by molar-refractivity contribution is 5.96. The summed E-state index contributed by atoms with van der Waals surface area (Å²) in [5.74, 6) is 1.17. The lowest BCUT2D eigenvalue weighted by Crippen LogP contribution is -1.85. The molecule has 0 spiro atoms.